The molecule has 3 rings (SSSR count). The molecule has 0 fully saturated rings. The molecule has 1 N–H and O–H groups in total. The lowest BCUT2D eigenvalue weighted by molar-refractivity contribution is -0.129. The van der Waals surface area contributed by atoms with Gasteiger partial charge in [0.2, 0.25) is 11.8 Å². The van der Waals surface area contributed by atoms with Crippen molar-refractivity contribution in [3.05, 3.63) is 70.9 Å². The maximum atomic E-state index is 12.0. The van der Waals surface area contributed by atoms with Gasteiger partial charge in [-0.05, 0) is 48.4 Å². The molecule has 1 amide bonds. The molecular formula is C19H16N2O3. The van der Waals surface area contributed by atoms with Crippen LogP contribution in [-0.4, -0.2) is 17.8 Å². The molecule has 24 heavy (non-hydrogen) atoms. The fourth-order valence-corrected chi connectivity index (χ4v) is 2.33. The number of hydrogen-bond acceptors (Lipinski definition) is 4. The summed E-state index contributed by atoms with van der Waals surface area (Å²) in [5, 5.41) is 2.68. The van der Waals surface area contributed by atoms with Crippen molar-refractivity contribution in [1.82, 2.24) is 0 Å². The minimum Gasteiger partial charge on any atom is -0.402 e. The average Bonchev–Trinajstić information content (AvgIpc) is 2.91. The lowest BCUT2D eigenvalue weighted by Gasteiger charge is -2.03. The zero-order valence-corrected chi connectivity index (χ0v) is 13.4. The Morgan fingerprint density at radius 2 is 1.83 bits per heavy atom. The van der Waals surface area contributed by atoms with Crippen LogP contribution < -0.4 is 5.32 Å². The molecule has 1 aliphatic heterocycles. The molecule has 0 atom stereocenters. The van der Waals surface area contributed by atoms with E-state index in [1.165, 1.54) is 6.92 Å². The van der Waals surface area contributed by atoms with Gasteiger partial charge in [-0.1, -0.05) is 24.3 Å². The smallest absolute Gasteiger partial charge is 0.363 e. The fraction of sp³-hybridized carbons (Fsp3) is 0.105. The summed E-state index contributed by atoms with van der Waals surface area (Å²) in [6, 6.07) is 14.7. The second-order valence-electron chi connectivity index (χ2n) is 5.45. The van der Waals surface area contributed by atoms with Gasteiger partial charge in [-0.3, -0.25) is 4.79 Å². The molecule has 5 heteroatoms. The molecule has 0 aromatic heterocycles. The number of carbonyl (C=O) groups is 2. The first-order valence-corrected chi connectivity index (χ1v) is 7.49. The monoisotopic (exact) mass is 320 g/mol. The lowest BCUT2D eigenvalue weighted by atomic mass is 10.1. The van der Waals surface area contributed by atoms with Crippen LogP contribution >= 0.6 is 0 Å². The maximum Gasteiger partial charge on any atom is 0.363 e. The molecule has 0 bridgehead atoms. The zero-order valence-electron chi connectivity index (χ0n) is 13.4. The summed E-state index contributed by atoms with van der Waals surface area (Å²) in [6.45, 7) is 3.41. The molecule has 120 valence electrons. The first-order valence-electron chi connectivity index (χ1n) is 7.49. The lowest BCUT2D eigenvalue weighted by Crippen LogP contribution is -2.07. The van der Waals surface area contributed by atoms with E-state index in [0.29, 0.717) is 11.3 Å². The quantitative estimate of drug-likeness (QED) is 0.697. The Kier molecular flexibility index (Phi) is 4.24. The van der Waals surface area contributed by atoms with E-state index in [2.05, 4.69) is 10.3 Å². The van der Waals surface area contributed by atoms with Crippen LogP contribution in [-0.2, 0) is 14.3 Å². The summed E-state index contributed by atoms with van der Waals surface area (Å²) in [5.41, 5.74) is 3.60. The summed E-state index contributed by atoms with van der Waals surface area (Å²) < 4.78 is 5.25. The number of aryl methyl sites for hydroxylation is 1. The highest BCUT2D eigenvalue weighted by Gasteiger charge is 2.24. The van der Waals surface area contributed by atoms with Gasteiger partial charge in [0.1, 0.15) is 0 Å². The van der Waals surface area contributed by atoms with Gasteiger partial charge in [0.25, 0.3) is 0 Å². The second-order valence-corrected chi connectivity index (χ2v) is 5.45. The van der Waals surface area contributed by atoms with Crippen LogP contribution in [0.3, 0.4) is 0 Å². The van der Waals surface area contributed by atoms with Gasteiger partial charge in [-0.25, -0.2) is 9.79 Å². The topological polar surface area (TPSA) is 67.8 Å². The third-order valence-corrected chi connectivity index (χ3v) is 3.55. The number of rotatable bonds is 3. The van der Waals surface area contributed by atoms with Crippen molar-refractivity contribution in [3.8, 4) is 0 Å². The molecule has 0 unspecified atom stereocenters. The summed E-state index contributed by atoms with van der Waals surface area (Å²) in [4.78, 5) is 27.3. The number of carbonyl (C=O) groups excluding carboxylic acids is 2. The van der Waals surface area contributed by atoms with Gasteiger partial charge in [0.15, 0.2) is 5.70 Å². The molecule has 5 nitrogen and oxygen atoms in total. The number of esters is 1. The van der Waals surface area contributed by atoms with E-state index in [-0.39, 0.29) is 17.5 Å². The van der Waals surface area contributed by atoms with E-state index in [1.807, 2.05) is 31.2 Å². The van der Waals surface area contributed by atoms with Crippen LogP contribution in [0.5, 0.6) is 0 Å². The van der Waals surface area contributed by atoms with Crippen LogP contribution in [0, 0.1) is 6.92 Å². The molecule has 2 aromatic carbocycles. The zero-order chi connectivity index (χ0) is 17.1. The van der Waals surface area contributed by atoms with Gasteiger partial charge in [-0.15, -0.1) is 0 Å². The van der Waals surface area contributed by atoms with Crippen LogP contribution in [0.2, 0.25) is 0 Å². The molecule has 1 aliphatic rings. The molecule has 1 heterocycles. The van der Waals surface area contributed by atoms with Crippen molar-refractivity contribution in [3.63, 3.8) is 0 Å². The summed E-state index contributed by atoms with van der Waals surface area (Å²) in [6.07, 6.45) is 1.72. The third-order valence-electron chi connectivity index (χ3n) is 3.55. The molecular weight excluding hydrogens is 304 g/mol. The van der Waals surface area contributed by atoms with Gasteiger partial charge >= 0.3 is 5.97 Å². The maximum absolute atomic E-state index is 12.0. The number of ether oxygens (including phenoxy) is 1. The van der Waals surface area contributed by atoms with E-state index >= 15 is 0 Å². The largest absolute Gasteiger partial charge is 0.402 e. The van der Waals surface area contributed by atoms with Crippen molar-refractivity contribution in [2.75, 3.05) is 5.32 Å². The van der Waals surface area contributed by atoms with Crippen molar-refractivity contribution in [1.29, 1.82) is 0 Å². The Morgan fingerprint density at radius 1 is 1.12 bits per heavy atom. The molecule has 0 saturated heterocycles. The Bertz CT molecular complexity index is 864. The summed E-state index contributed by atoms with van der Waals surface area (Å²) in [7, 11) is 0. The number of nitrogens with one attached hydrogen (secondary N) is 1. The van der Waals surface area contributed by atoms with E-state index in [0.717, 1.165) is 11.1 Å². The van der Waals surface area contributed by atoms with Crippen molar-refractivity contribution >= 4 is 29.5 Å². The third kappa shape index (κ3) is 3.41. The minimum atomic E-state index is -0.473. The molecule has 0 radical (unpaired) electrons. The predicted octanol–water partition coefficient (Wildman–Crippen LogP) is 3.30. The van der Waals surface area contributed by atoms with Gasteiger partial charge in [0, 0.05) is 18.2 Å². The van der Waals surface area contributed by atoms with Crippen molar-refractivity contribution in [2.45, 2.75) is 13.8 Å². The van der Waals surface area contributed by atoms with Crippen LogP contribution in [0.15, 0.2) is 59.2 Å². The number of anilines is 1. The number of benzene rings is 2. The van der Waals surface area contributed by atoms with Gasteiger partial charge in [-0.2, -0.15) is 0 Å². The van der Waals surface area contributed by atoms with Crippen LogP contribution in [0.25, 0.3) is 6.08 Å². The first kappa shape index (κ1) is 15.7. The van der Waals surface area contributed by atoms with E-state index < -0.39 is 5.97 Å². The van der Waals surface area contributed by atoms with Crippen LogP contribution in [0.1, 0.15) is 23.6 Å². The normalized spacial score (nSPS) is 15.2. The van der Waals surface area contributed by atoms with Gasteiger partial charge < -0.3 is 10.1 Å². The number of nitrogens with zero attached hydrogens (tertiary/aromatic N) is 1. The fourth-order valence-electron chi connectivity index (χ4n) is 2.33. The van der Waals surface area contributed by atoms with Crippen LogP contribution in [0.4, 0.5) is 5.69 Å². The van der Waals surface area contributed by atoms with E-state index in [1.54, 1.807) is 30.3 Å². The second kappa shape index (κ2) is 6.50. The van der Waals surface area contributed by atoms with E-state index in [4.69, 9.17) is 4.74 Å². The highest BCUT2D eigenvalue weighted by molar-refractivity contribution is 6.13. The highest BCUT2D eigenvalue weighted by Crippen LogP contribution is 2.21. The number of amides is 1. The number of aliphatic imine (C=N–C) groups is 1. The Morgan fingerprint density at radius 3 is 2.50 bits per heavy atom. The van der Waals surface area contributed by atoms with E-state index in [9.17, 15) is 9.59 Å². The summed E-state index contributed by atoms with van der Waals surface area (Å²) >= 11 is 0. The molecule has 0 aliphatic carbocycles. The Balaban J connectivity index is 1.86. The Hall–Kier alpha value is -3.21. The predicted molar refractivity (Wildman–Crippen MR) is 92.5 cm³/mol. The SMILES string of the molecule is CC(=O)Nc1ccc(C2=N/C(=C\c3ccccc3C)C(=O)O2)cc1. The molecule has 0 spiro atoms. The Labute approximate surface area is 139 Å². The number of hydrogen-bond donors (Lipinski definition) is 1. The first-order chi connectivity index (χ1) is 11.5. The standard InChI is InChI=1S/C19H16N2O3/c1-12-5-3-4-6-15(12)11-17-19(23)24-18(21-17)14-7-9-16(10-8-14)20-13(2)22/h3-11H,1-2H3,(H,20,22)/b17-11-. The number of cyclic esters (lactones) is 1. The summed E-state index contributed by atoms with van der Waals surface area (Å²) in [5.74, 6) is -0.357. The molecule has 2 aromatic rings. The highest BCUT2D eigenvalue weighted by atomic mass is 16.6. The minimum absolute atomic E-state index is 0.143. The molecule has 0 saturated carbocycles. The average molecular weight is 320 g/mol. The van der Waals surface area contributed by atoms with Crippen molar-refractivity contribution < 1.29 is 14.3 Å². The van der Waals surface area contributed by atoms with Crippen molar-refractivity contribution in [2.24, 2.45) is 4.99 Å². The van der Waals surface area contributed by atoms with Gasteiger partial charge in [0.05, 0.1) is 0 Å².